The predicted molar refractivity (Wildman–Crippen MR) is 106 cm³/mol. The molecule has 130 valence electrons. The number of hydrazine groups is 1. The quantitative estimate of drug-likeness (QED) is 0.379. The summed E-state index contributed by atoms with van der Waals surface area (Å²) in [5.41, 5.74) is 4.18. The summed E-state index contributed by atoms with van der Waals surface area (Å²) in [5, 5.41) is 3.91. The third kappa shape index (κ3) is 3.68. The van der Waals surface area contributed by atoms with Crippen LogP contribution in [0.5, 0.6) is 5.75 Å². The number of methoxy groups -OCH3 is 1. The van der Waals surface area contributed by atoms with Crippen molar-refractivity contribution in [2.24, 2.45) is 5.84 Å². The Kier molecular flexibility index (Phi) is 5.35. The van der Waals surface area contributed by atoms with Crippen molar-refractivity contribution in [3.05, 3.63) is 44.3 Å². The molecule has 0 radical (unpaired) electrons. The molecule has 1 amide bonds. The molecule has 0 aliphatic carbocycles. The molecule has 0 saturated carbocycles. The second-order valence-electron chi connectivity index (χ2n) is 4.90. The SMILES string of the molecule is COc1c(Cl)cc(C(=O)Nc2cc(Br)c3nc(NN)sc3c2)cc1Cl. The maximum atomic E-state index is 12.5. The molecule has 4 N–H and O–H groups in total. The van der Waals surface area contributed by atoms with E-state index < -0.39 is 0 Å². The molecule has 25 heavy (non-hydrogen) atoms. The Morgan fingerprint density at radius 2 is 1.96 bits per heavy atom. The molecule has 0 fully saturated rings. The Morgan fingerprint density at radius 3 is 2.56 bits per heavy atom. The number of fused-ring (bicyclic) bond motifs is 1. The Hall–Kier alpha value is -1.58. The molecular weight excluding hydrogens is 451 g/mol. The summed E-state index contributed by atoms with van der Waals surface area (Å²) >= 11 is 17.0. The van der Waals surface area contributed by atoms with Crippen LogP contribution in [0.15, 0.2) is 28.7 Å². The number of rotatable bonds is 4. The van der Waals surface area contributed by atoms with Crippen molar-refractivity contribution in [2.75, 3.05) is 17.9 Å². The largest absolute Gasteiger partial charge is 0.494 e. The Balaban J connectivity index is 1.92. The van der Waals surface area contributed by atoms with E-state index in [1.807, 2.05) is 6.07 Å². The van der Waals surface area contributed by atoms with Gasteiger partial charge in [0.1, 0.15) is 0 Å². The summed E-state index contributed by atoms with van der Waals surface area (Å²) in [5.74, 6) is 5.37. The highest BCUT2D eigenvalue weighted by Gasteiger charge is 2.15. The van der Waals surface area contributed by atoms with Crippen molar-refractivity contribution in [1.29, 1.82) is 0 Å². The number of ether oxygens (including phenoxy) is 1. The zero-order valence-corrected chi connectivity index (χ0v) is 16.6. The molecule has 0 spiro atoms. The van der Waals surface area contributed by atoms with Gasteiger partial charge in [-0.3, -0.25) is 10.2 Å². The molecule has 1 heterocycles. The van der Waals surface area contributed by atoms with Crippen LogP contribution in [0, 0.1) is 0 Å². The molecule has 0 atom stereocenters. The molecule has 0 aliphatic rings. The van der Waals surface area contributed by atoms with Gasteiger partial charge < -0.3 is 10.1 Å². The third-order valence-electron chi connectivity index (χ3n) is 3.29. The molecule has 0 aliphatic heterocycles. The smallest absolute Gasteiger partial charge is 0.255 e. The van der Waals surface area contributed by atoms with Crippen molar-refractivity contribution in [2.45, 2.75) is 0 Å². The Morgan fingerprint density at radius 1 is 1.28 bits per heavy atom. The predicted octanol–water partition coefficient (Wildman–Crippen LogP) is 4.91. The molecular formula is C15H11BrCl2N4O2S. The fourth-order valence-corrected chi connectivity index (χ4v) is 4.38. The molecule has 0 bridgehead atoms. The van der Waals surface area contributed by atoms with Gasteiger partial charge in [-0.05, 0) is 40.2 Å². The number of halogens is 3. The van der Waals surface area contributed by atoms with Crippen LogP contribution in [0.1, 0.15) is 10.4 Å². The molecule has 3 aromatic rings. The van der Waals surface area contributed by atoms with Gasteiger partial charge in [-0.25, -0.2) is 10.8 Å². The van der Waals surface area contributed by atoms with Crippen molar-refractivity contribution in [1.82, 2.24) is 4.98 Å². The lowest BCUT2D eigenvalue weighted by Gasteiger charge is -2.10. The van der Waals surface area contributed by atoms with Crippen LogP contribution in [-0.4, -0.2) is 18.0 Å². The number of nitrogen functional groups attached to an aromatic ring is 1. The number of nitrogens with one attached hydrogen (secondary N) is 2. The van der Waals surface area contributed by atoms with Crippen molar-refractivity contribution in [3.63, 3.8) is 0 Å². The number of carbonyl (C=O) groups is 1. The topological polar surface area (TPSA) is 89.3 Å². The van der Waals surface area contributed by atoms with Crippen LogP contribution in [0.3, 0.4) is 0 Å². The van der Waals surface area contributed by atoms with E-state index >= 15 is 0 Å². The first-order chi connectivity index (χ1) is 11.9. The number of amides is 1. The van der Waals surface area contributed by atoms with Crippen molar-refractivity contribution < 1.29 is 9.53 Å². The van der Waals surface area contributed by atoms with Crippen LogP contribution in [0.4, 0.5) is 10.8 Å². The van der Waals surface area contributed by atoms with E-state index in [0.29, 0.717) is 22.1 Å². The number of anilines is 2. The van der Waals surface area contributed by atoms with E-state index in [0.717, 1.165) is 14.7 Å². The maximum absolute atomic E-state index is 12.5. The monoisotopic (exact) mass is 460 g/mol. The fraction of sp³-hybridized carbons (Fsp3) is 0.0667. The number of nitrogens with zero attached hydrogens (tertiary/aromatic N) is 1. The maximum Gasteiger partial charge on any atom is 0.255 e. The van der Waals surface area contributed by atoms with Gasteiger partial charge >= 0.3 is 0 Å². The first kappa shape index (κ1) is 18.2. The summed E-state index contributed by atoms with van der Waals surface area (Å²) in [4.78, 5) is 16.8. The number of hydrogen-bond donors (Lipinski definition) is 3. The van der Waals surface area contributed by atoms with E-state index in [9.17, 15) is 4.79 Å². The van der Waals surface area contributed by atoms with Crippen LogP contribution >= 0.6 is 50.5 Å². The summed E-state index contributed by atoms with van der Waals surface area (Å²) in [6, 6.07) is 6.56. The average Bonchev–Trinajstić information content (AvgIpc) is 2.98. The standard InChI is InChI=1S/C15H11BrCl2N4O2S/c1-24-13-9(17)2-6(3-10(13)18)14(23)20-7-4-8(16)12-11(5-7)25-15(21-12)22-19/h2-5H,19H2,1H3,(H,20,23)(H,21,22). The lowest BCUT2D eigenvalue weighted by atomic mass is 10.2. The van der Waals surface area contributed by atoms with Crippen molar-refractivity contribution in [3.8, 4) is 5.75 Å². The average molecular weight is 462 g/mol. The van der Waals surface area contributed by atoms with E-state index in [-0.39, 0.29) is 16.0 Å². The summed E-state index contributed by atoms with van der Waals surface area (Å²) in [7, 11) is 1.46. The van der Waals surface area contributed by atoms with Gasteiger partial charge in [-0.1, -0.05) is 34.5 Å². The second kappa shape index (κ2) is 7.35. The van der Waals surface area contributed by atoms with E-state index in [1.165, 1.54) is 30.6 Å². The highest BCUT2D eigenvalue weighted by molar-refractivity contribution is 9.10. The zero-order chi connectivity index (χ0) is 18.1. The third-order valence-corrected chi connectivity index (χ3v) is 5.39. The number of benzene rings is 2. The van der Waals surface area contributed by atoms with E-state index in [1.54, 1.807) is 6.07 Å². The molecule has 0 saturated heterocycles. The molecule has 10 heteroatoms. The number of aromatic nitrogens is 1. The normalized spacial score (nSPS) is 10.8. The molecule has 2 aromatic carbocycles. The van der Waals surface area contributed by atoms with Crippen LogP contribution < -0.4 is 21.3 Å². The van der Waals surface area contributed by atoms with Gasteiger partial charge in [0.25, 0.3) is 5.91 Å². The molecule has 6 nitrogen and oxygen atoms in total. The lowest BCUT2D eigenvalue weighted by molar-refractivity contribution is 0.102. The van der Waals surface area contributed by atoms with Gasteiger partial charge in [0.15, 0.2) is 10.9 Å². The van der Waals surface area contributed by atoms with Gasteiger partial charge in [0, 0.05) is 15.7 Å². The number of thiazole rings is 1. The Bertz CT molecular complexity index is 957. The Labute approximate surface area is 165 Å². The minimum Gasteiger partial charge on any atom is -0.494 e. The minimum atomic E-state index is -0.348. The minimum absolute atomic E-state index is 0.262. The van der Waals surface area contributed by atoms with Gasteiger partial charge in [-0.15, -0.1) is 0 Å². The summed E-state index contributed by atoms with van der Waals surface area (Å²) in [6.07, 6.45) is 0. The zero-order valence-electron chi connectivity index (χ0n) is 12.7. The highest BCUT2D eigenvalue weighted by Crippen LogP contribution is 2.35. The number of carbonyl (C=O) groups excluding carboxylic acids is 1. The molecule has 0 unspecified atom stereocenters. The van der Waals surface area contributed by atoms with Crippen LogP contribution in [0.2, 0.25) is 10.0 Å². The van der Waals surface area contributed by atoms with Gasteiger partial charge in [-0.2, -0.15) is 0 Å². The van der Waals surface area contributed by atoms with Crippen LogP contribution in [0.25, 0.3) is 10.2 Å². The second-order valence-corrected chi connectivity index (χ2v) is 7.59. The first-order valence-corrected chi connectivity index (χ1v) is 9.20. The first-order valence-electron chi connectivity index (χ1n) is 6.84. The lowest BCUT2D eigenvalue weighted by Crippen LogP contribution is -2.12. The summed E-state index contributed by atoms with van der Waals surface area (Å²) < 4.78 is 6.69. The number of hydrogen-bond acceptors (Lipinski definition) is 6. The van der Waals surface area contributed by atoms with E-state index in [2.05, 4.69) is 31.7 Å². The van der Waals surface area contributed by atoms with Crippen molar-refractivity contribution >= 4 is 77.4 Å². The molecule has 3 rings (SSSR count). The highest BCUT2D eigenvalue weighted by atomic mass is 79.9. The van der Waals surface area contributed by atoms with E-state index in [4.69, 9.17) is 33.8 Å². The fourth-order valence-electron chi connectivity index (χ4n) is 2.21. The number of nitrogens with two attached hydrogens (primary N) is 1. The van der Waals surface area contributed by atoms with Crippen LogP contribution in [-0.2, 0) is 0 Å². The van der Waals surface area contributed by atoms with Gasteiger partial charge in [0.05, 0.1) is 27.4 Å². The summed E-state index contributed by atoms with van der Waals surface area (Å²) in [6.45, 7) is 0. The van der Waals surface area contributed by atoms with Gasteiger partial charge in [0.2, 0.25) is 0 Å². The molecule has 1 aromatic heterocycles.